The van der Waals surface area contributed by atoms with E-state index in [0.717, 1.165) is 18.2 Å². The predicted octanol–water partition coefficient (Wildman–Crippen LogP) is 0.273. The SMILES string of the molecule is C/C(=N/Nc1ccc([N+](=O)[O-])cc1[N+](=O)[O-])C1C(=O)NC(=O)NC1=O. The molecule has 130 valence electrons. The van der Waals surface area contributed by atoms with Gasteiger partial charge in [0.25, 0.3) is 5.69 Å². The van der Waals surface area contributed by atoms with Gasteiger partial charge in [-0.25, -0.2) is 4.79 Å². The maximum Gasteiger partial charge on any atom is 0.328 e. The maximum atomic E-state index is 11.7. The normalized spacial score (nSPS) is 15.4. The number of non-ortho nitro benzene ring substituents is 1. The molecule has 1 fully saturated rings. The summed E-state index contributed by atoms with van der Waals surface area (Å²) >= 11 is 0. The number of rotatable bonds is 5. The number of carbonyl (C=O) groups is 3. The number of nitro groups is 2. The van der Waals surface area contributed by atoms with Crippen LogP contribution in [0.2, 0.25) is 0 Å². The van der Waals surface area contributed by atoms with Gasteiger partial charge in [-0.05, 0) is 13.0 Å². The Labute approximate surface area is 138 Å². The van der Waals surface area contributed by atoms with E-state index in [2.05, 4.69) is 10.5 Å². The first-order chi connectivity index (χ1) is 11.7. The molecule has 13 nitrogen and oxygen atoms in total. The first kappa shape index (κ1) is 17.5. The topological polar surface area (TPSA) is 186 Å². The van der Waals surface area contributed by atoms with E-state index >= 15 is 0 Å². The van der Waals surface area contributed by atoms with Crippen LogP contribution in [0.15, 0.2) is 23.3 Å². The molecule has 0 saturated carbocycles. The Morgan fingerprint density at radius 3 is 2.24 bits per heavy atom. The fourth-order valence-electron chi connectivity index (χ4n) is 1.99. The quantitative estimate of drug-likeness (QED) is 0.292. The lowest BCUT2D eigenvalue weighted by Gasteiger charge is -2.20. The van der Waals surface area contributed by atoms with Crippen LogP contribution in [0.1, 0.15) is 6.92 Å². The third kappa shape index (κ3) is 3.72. The molecule has 1 aliphatic heterocycles. The van der Waals surface area contributed by atoms with E-state index in [4.69, 9.17) is 0 Å². The number of nitro benzene ring substituents is 2. The first-order valence-electron chi connectivity index (χ1n) is 6.59. The van der Waals surface area contributed by atoms with Crippen LogP contribution in [-0.4, -0.2) is 33.4 Å². The van der Waals surface area contributed by atoms with E-state index in [-0.39, 0.29) is 11.4 Å². The van der Waals surface area contributed by atoms with Gasteiger partial charge in [-0.15, -0.1) is 0 Å². The first-order valence-corrected chi connectivity index (χ1v) is 6.59. The molecule has 3 N–H and O–H groups in total. The summed E-state index contributed by atoms with van der Waals surface area (Å²) in [6, 6.07) is 1.88. The third-order valence-corrected chi connectivity index (χ3v) is 3.16. The summed E-state index contributed by atoms with van der Waals surface area (Å²) in [5, 5.41) is 29.2. The zero-order valence-corrected chi connectivity index (χ0v) is 12.5. The van der Waals surface area contributed by atoms with E-state index in [1.165, 1.54) is 6.92 Å². The van der Waals surface area contributed by atoms with E-state index in [0.29, 0.717) is 0 Å². The number of nitrogens with one attached hydrogen (secondary N) is 3. The van der Waals surface area contributed by atoms with Gasteiger partial charge in [0.15, 0.2) is 5.92 Å². The number of imide groups is 2. The molecule has 13 heteroatoms. The molecule has 0 spiro atoms. The van der Waals surface area contributed by atoms with Gasteiger partial charge < -0.3 is 0 Å². The van der Waals surface area contributed by atoms with Crippen molar-refractivity contribution in [1.82, 2.24) is 10.6 Å². The fourth-order valence-corrected chi connectivity index (χ4v) is 1.99. The number of hydrazone groups is 1. The molecular weight excluding hydrogens is 340 g/mol. The lowest BCUT2D eigenvalue weighted by molar-refractivity contribution is -0.393. The molecule has 1 saturated heterocycles. The Kier molecular flexibility index (Phi) is 4.67. The number of hydrogen-bond donors (Lipinski definition) is 3. The average molecular weight is 350 g/mol. The third-order valence-electron chi connectivity index (χ3n) is 3.16. The van der Waals surface area contributed by atoms with Gasteiger partial charge in [0.05, 0.1) is 21.6 Å². The highest BCUT2D eigenvalue weighted by atomic mass is 16.6. The van der Waals surface area contributed by atoms with Gasteiger partial charge in [0.2, 0.25) is 11.8 Å². The molecule has 25 heavy (non-hydrogen) atoms. The van der Waals surface area contributed by atoms with Crippen LogP contribution >= 0.6 is 0 Å². The number of nitrogens with zero attached hydrogens (tertiary/aromatic N) is 3. The monoisotopic (exact) mass is 350 g/mol. The van der Waals surface area contributed by atoms with Crippen molar-refractivity contribution in [3.63, 3.8) is 0 Å². The van der Waals surface area contributed by atoms with Crippen LogP contribution < -0.4 is 16.1 Å². The van der Waals surface area contributed by atoms with Crippen molar-refractivity contribution in [3.05, 3.63) is 38.4 Å². The molecule has 4 amide bonds. The van der Waals surface area contributed by atoms with Gasteiger partial charge in [-0.1, -0.05) is 0 Å². The molecule has 1 aliphatic rings. The molecule has 1 heterocycles. The molecular formula is C12H10N6O7. The van der Waals surface area contributed by atoms with Crippen LogP contribution in [0, 0.1) is 26.1 Å². The van der Waals surface area contributed by atoms with Crippen LogP contribution in [0.25, 0.3) is 0 Å². The van der Waals surface area contributed by atoms with Gasteiger partial charge in [0, 0.05) is 6.07 Å². The van der Waals surface area contributed by atoms with E-state index < -0.39 is 45.0 Å². The van der Waals surface area contributed by atoms with E-state index in [9.17, 15) is 34.6 Å². The molecule has 0 bridgehead atoms. The molecule has 0 aliphatic carbocycles. The number of carbonyl (C=O) groups excluding carboxylic acids is 3. The number of urea groups is 1. The average Bonchev–Trinajstić information content (AvgIpc) is 2.51. The second kappa shape index (κ2) is 6.69. The minimum Gasteiger partial charge on any atom is -0.277 e. The lowest BCUT2D eigenvalue weighted by Crippen LogP contribution is -2.57. The summed E-state index contributed by atoms with van der Waals surface area (Å²) in [6.07, 6.45) is 0. The maximum absolute atomic E-state index is 11.7. The Bertz CT molecular complexity index is 813. The Balaban J connectivity index is 2.27. The number of amides is 4. The Morgan fingerprint density at radius 1 is 1.12 bits per heavy atom. The number of benzene rings is 1. The molecule has 0 aromatic heterocycles. The zero-order chi connectivity index (χ0) is 18.7. The minimum absolute atomic E-state index is 0.0739. The zero-order valence-electron chi connectivity index (χ0n) is 12.5. The number of hydrogen-bond acceptors (Lipinski definition) is 9. The smallest absolute Gasteiger partial charge is 0.277 e. The summed E-state index contributed by atoms with van der Waals surface area (Å²) in [5.41, 5.74) is 0.941. The molecule has 1 aromatic carbocycles. The van der Waals surface area contributed by atoms with Gasteiger partial charge in [-0.2, -0.15) is 5.10 Å². The van der Waals surface area contributed by atoms with E-state index in [1.807, 2.05) is 10.6 Å². The Hall–Kier alpha value is -3.90. The van der Waals surface area contributed by atoms with Crippen molar-refractivity contribution in [2.24, 2.45) is 11.0 Å². The van der Waals surface area contributed by atoms with Crippen molar-refractivity contribution < 1.29 is 24.2 Å². The molecule has 0 radical (unpaired) electrons. The molecule has 0 unspecified atom stereocenters. The number of anilines is 1. The second-order valence-electron chi connectivity index (χ2n) is 4.82. The molecule has 2 rings (SSSR count). The standard InChI is InChI=1S/C12H10N6O7/c1-5(9-10(19)13-12(21)14-11(9)20)15-16-7-3-2-6(17(22)23)4-8(7)18(24)25/h2-4,9,16H,1H3,(H2,13,14,19,20,21)/b15-5-. The van der Waals surface area contributed by atoms with Crippen molar-refractivity contribution in [2.45, 2.75) is 6.92 Å². The summed E-state index contributed by atoms with van der Waals surface area (Å²) in [6.45, 7) is 1.30. The van der Waals surface area contributed by atoms with Crippen LogP contribution in [0.5, 0.6) is 0 Å². The summed E-state index contributed by atoms with van der Waals surface area (Å²) in [7, 11) is 0. The highest BCUT2D eigenvalue weighted by molar-refractivity contribution is 6.27. The van der Waals surface area contributed by atoms with Crippen LogP contribution in [-0.2, 0) is 9.59 Å². The van der Waals surface area contributed by atoms with Crippen molar-refractivity contribution >= 4 is 40.6 Å². The van der Waals surface area contributed by atoms with Gasteiger partial charge in [0.1, 0.15) is 5.69 Å². The fraction of sp³-hybridized carbons (Fsp3) is 0.167. The van der Waals surface area contributed by atoms with Crippen LogP contribution in [0.3, 0.4) is 0 Å². The van der Waals surface area contributed by atoms with Gasteiger partial charge in [-0.3, -0.25) is 45.9 Å². The van der Waals surface area contributed by atoms with Crippen molar-refractivity contribution in [2.75, 3.05) is 5.43 Å². The summed E-state index contributed by atoms with van der Waals surface area (Å²) < 4.78 is 0. The summed E-state index contributed by atoms with van der Waals surface area (Å²) in [5.74, 6) is -3.19. The number of barbiturate groups is 1. The minimum atomic E-state index is -1.40. The molecule has 0 atom stereocenters. The van der Waals surface area contributed by atoms with E-state index in [1.54, 1.807) is 0 Å². The Morgan fingerprint density at radius 2 is 1.72 bits per heavy atom. The largest absolute Gasteiger partial charge is 0.328 e. The highest BCUT2D eigenvalue weighted by Gasteiger charge is 2.36. The predicted molar refractivity (Wildman–Crippen MR) is 81.7 cm³/mol. The van der Waals surface area contributed by atoms with Crippen molar-refractivity contribution in [3.8, 4) is 0 Å². The lowest BCUT2D eigenvalue weighted by atomic mass is 10.0. The summed E-state index contributed by atoms with van der Waals surface area (Å²) in [4.78, 5) is 54.4. The van der Waals surface area contributed by atoms with Gasteiger partial charge >= 0.3 is 11.7 Å². The molecule has 1 aromatic rings. The second-order valence-corrected chi connectivity index (χ2v) is 4.82. The van der Waals surface area contributed by atoms with Crippen LogP contribution in [0.4, 0.5) is 21.9 Å². The highest BCUT2D eigenvalue weighted by Crippen LogP contribution is 2.29. The van der Waals surface area contributed by atoms with Crippen molar-refractivity contribution in [1.29, 1.82) is 0 Å².